The molecule has 0 N–H and O–H groups in total. The van der Waals surface area contributed by atoms with Crippen LogP contribution in [-0.2, 0) is 0 Å². The molecule has 0 amide bonds. The van der Waals surface area contributed by atoms with E-state index >= 15 is 0 Å². The van der Waals surface area contributed by atoms with E-state index in [1.165, 1.54) is 27.1 Å². The summed E-state index contributed by atoms with van der Waals surface area (Å²) in [5, 5.41) is 5.29. The molecule has 0 fully saturated rings. The number of benzene rings is 3. The van der Waals surface area contributed by atoms with Crippen LogP contribution in [0.25, 0.3) is 27.6 Å². The molecule has 0 radical (unpaired) electrons. The average Bonchev–Trinajstić information content (AvgIpc) is 2.43. The van der Waals surface area contributed by atoms with Crippen LogP contribution in [0.15, 0.2) is 60.7 Å². The molecule has 0 aliphatic heterocycles. The Kier molecular flexibility index (Phi) is 2.85. The van der Waals surface area contributed by atoms with Gasteiger partial charge >= 0.3 is 0 Å². The first-order chi connectivity index (χ1) is 8.90. The molecule has 0 heteroatoms. The van der Waals surface area contributed by atoms with Crippen LogP contribution in [0.5, 0.6) is 0 Å². The lowest BCUT2D eigenvalue weighted by molar-refractivity contribution is 1.23. The summed E-state index contributed by atoms with van der Waals surface area (Å²) in [5.41, 5.74) is 1.34. The summed E-state index contributed by atoms with van der Waals surface area (Å²) in [4.78, 5) is 0. The molecule has 0 unspecified atom stereocenters. The van der Waals surface area contributed by atoms with E-state index in [1.807, 2.05) is 0 Å². The van der Waals surface area contributed by atoms with Gasteiger partial charge in [-0.2, -0.15) is 0 Å². The highest BCUT2D eigenvalue weighted by molar-refractivity contribution is 6.06. The van der Waals surface area contributed by atoms with Crippen molar-refractivity contribution in [3.8, 4) is 0 Å². The van der Waals surface area contributed by atoms with E-state index < -0.39 is 0 Å². The molecule has 0 nitrogen and oxygen atoms in total. The minimum Gasteiger partial charge on any atom is -0.0842 e. The van der Waals surface area contributed by atoms with E-state index in [4.69, 9.17) is 0 Å². The highest BCUT2D eigenvalue weighted by atomic mass is 14.1. The van der Waals surface area contributed by atoms with Crippen molar-refractivity contribution in [1.29, 1.82) is 0 Å². The predicted molar refractivity (Wildman–Crippen MR) is 80.8 cm³/mol. The third-order valence-electron chi connectivity index (χ3n) is 3.33. The van der Waals surface area contributed by atoms with Crippen molar-refractivity contribution < 1.29 is 0 Å². The van der Waals surface area contributed by atoms with Crippen LogP contribution in [-0.4, -0.2) is 0 Å². The van der Waals surface area contributed by atoms with Crippen molar-refractivity contribution in [2.24, 2.45) is 0 Å². The third-order valence-corrected chi connectivity index (χ3v) is 3.33. The van der Waals surface area contributed by atoms with Crippen LogP contribution in [0.1, 0.15) is 18.9 Å². The molecule has 0 spiro atoms. The summed E-state index contributed by atoms with van der Waals surface area (Å²) in [6, 6.07) is 19.5. The Morgan fingerprint density at radius 1 is 0.833 bits per heavy atom. The second-order valence-electron chi connectivity index (χ2n) is 4.54. The zero-order chi connectivity index (χ0) is 12.4. The summed E-state index contributed by atoms with van der Waals surface area (Å²) in [7, 11) is 0. The van der Waals surface area contributed by atoms with Crippen LogP contribution in [0, 0.1) is 0 Å². The van der Waals surface area contributed by atoms with E-state index in [9.17, 15) is 0 Å². The molecule has 0 atom stereocenters. The highest BCUT2D eigenvalue weighted by Gasteiger charge is 2.03. The van der Waals surface area contributed by atoms with E-state index in [-0.39, 0.29) is 0 Å². The monoisotopic (exact) mass is 232 g/mol. The van der Waals surface area contributed by atoms with Gasteiger partial charge < -0.3 is 0 Å². The van der Waals surface area contributed by atoms with Crippen LogP contribution in [0.4, 0.5) is 0 Å². The number of fused-ring (bicyclic) bond motifs is 2. The zero-order valence-corrected chi connectivity index (χ0v) is 10.6. The van der Waals surface area contributed by atoms with E-state index in [2.05, 4.69) is 73.7 Å². The van der Waals surface area contributed by atoms with Crippen LogP contribution in [0.2, 0.25) is 0 Å². The van der Waals surface area contributed by atoms with Gasteiger partial charge in [0, 0.05) is 0 Å². The van der Waals surface area contributed by atoms with Crippen molar-refractivity contribution >= 4 is 27.6 Å². The Bertz CT molecular complexity index is 666. The largest absolute Gasteiger partial charge is 0.0842 e. The summed E-state index contributed by atoms with van der Waals surface area (Å²) in [6.07, 6.45) is 5.55. The predicted octanol–water partition coefficient (Wildman–Crippen LogP) is 5.42. The normalized spacial score (nSPS) is 11.6. The smallest absolute Gasteiger partial charge is 0.0103 e. The molecule has 0 bridgehead atoms. The Balaban J connectivity index is 2.45. The molecule has 3 aromatic carbocycles. The van der Waals surface area contributed by atoms with E-state index in [0.717, 1.165) is 6.42 Å². The lowest BCUT2D eigenvalue weighted by Gasteiger charge is -2.08. The minimum absolute atomic E-state index is 1.07. The van der Waals surface area contributed by atoms with Gasteiger partial charge in [-0.05, 0) is 39.6 Å². The maximum absolute atomic E-state index is 2.27. The van der Waals surface area contributed by atoms with E-state index in [0.29, 0.717) is 0 Å². The molecule has 0 saturated carbocycles. The lowest BCUT2D eigenvalue weighted by atomic mass is 9.96. The van der Waals surface area contributed by atoms with Gasteiger partial charge in [0.2, 0.25) is 0 Å². The van der Waals surface area contributed by atoms with Gasteiger partial charge in [0.1, 0.15) is 0 Å². The molecule has 88 valence electrons. The van der Waals surface area contributed by atoms with Gasteiger partial charge in [-0.25, -0.2) is 0 Å². The Morgan fingerprint density at radius 2 is 1.39 bits per heavy atom. The van der Waals surface area contributed by atoms with Crippen molar-refractivity contribution in [3.05, 3.63) is 66.2 Å². The number of rotatable bonds is 2. The second-order valence-corrected chi connectivity index (χ2v) is 4.54. The fourth-order valence-electron chi connectivity index (χ4n) is 2.46. The first kappa shape index (κ1) is 11.0. The van der Waals surface area contributed by atoms with Gasteiger partial charge in [-0.15, -0.1) is 0 Å². The summed E-state index contributed by atoms with van der Waals surface area (Å²) in [5.74, 6) is 0. The first-order valence-corrected chi connectivity index (χ1v) is 6.47. The number of hydrogen-bond acceptors (Lipinski definition) is 0. The summed E-state index contributed by atoms with van der Waals surface area (Å²) < 4.78 is 0. The second kappa shape index (κ2) is 4.66. The van der Waals surface area contributed by atoms with Crippen molar-refractivity contribution in [2.45, 2.75) is 13.3 Å². The molecule has 3 rings (SSSR count). The molecular formula is C18H16. The van der Waals surface area contributed by atoms with Crippen molar-refractivity contribution in [2.75, 3.05) is 0 Å². The van der Waals surface area contributed by atoms with Gasteiger partial charge in [-0.3, -0.25) is 0 Å². The Labute approximate surface area is 108 Å². The summed E-state index contributed by atoms with van der Waals surface area (Å²) in [6.45, 7) is 2.17. The maximum Gasteiger partial charge on any atom is -0.0103 e. The molecule has 0 aromatic heterocycles. The first-order valence-electron chi connectivity index (χ1n) is 6.47. The molecule has 0 heterocycles. The van der Waals surface area contributed by atoms with Crippen molar-refractivity contribution in [1.82, 2.24) is 0 Å². The van der Waals surface area contributed by atoms with Gasteiger partial charge in [-0.1, -0.05) is 67.6 Å². The lowest BCUT2D eigenvalue weighted by Crippen LogP contribution is -1.82. The fourth-order valence-corrected chi connectivity index (χ4v) is 2.46. The van der Waals surface area contributed by atoms with E-state index in [1.54, 1.807) is 0 Å². The Hall–Kier alpha value is -2.08. The van der Waals surface area contributed by atoms with Gasteiger partial charge in [0.05, 0.1) is 0 Å². The third kappa shape index (κ3) is 1.80. The molecule has 0 saturated heterocycles. The molecule has 0 aliphatic rings. The standard InChI is InChI=1S/C18H16/c1-2-3-10-18-16-11-6-4-8-14(16)13-15-9-5-7-12-17(15)18/h3-13H,2H2,1H3. The fraction of sp³-hybridized carbons (Fsp3) is 0.111. The molecule has 0 aliphatic carbocycles. The van der Waals surface area contributed by atoms with Gasteiger partial charge in [0.15, 0.2) is 0 Å². The van der Waals surface area contributed by atoms with Crippen molar-refractivity contribution in [3.63, 3.8) is 0 Å². The van der Waals surface area contributed by atoms with Crippen LogP contribution < -0.4 is 0 Å². The van der Waals surface area contributed by atoms with Crippen LogP contribution in [0.3, 0.4) is 0 Å². The molecule has 18 heavy (non-hydrogen) atoms. The summed E-state index contributed by atoms with van der Waals surface area (Å²) >= 11 is 0. The topological polar surface area (TPSA) is 0 Å². The Morgan fingerprint density at radius 3 is 1.94 bits per heavy atom. The molecular weight excluding hydrogens is 216 g/mol. The maximum atomic E-state index is 2.27. The number of allylic oxidation sites excluding steroid dienone is 1. The minimum atomic E-state index is 1.07. The van der Waals surface area contributed by atoms with Gasteiger partial charge in [0.25, 0.3) is 0 Å². The average molecular weight is 232 g/mol. The molecule has 3 aromatic rings. The number of hydrogen-bond donors (Lipinski definition) is 0. The highest BCUT2D eigenvalue weighted by Crippen LogP contribution is 2.29. The quantitative estimate of drug-likeness (QED) is 0.518. The SMILES string of the molecule is CCC=Cc1c2ccccc2cc2ccccc12. The zero-order valence-electron chi connectivity index (χ0n) is 10.6. The van der Waals surface area contributed by atoms with Crippen LogP contribution >= 0.6 is 0 Å².